The third kappa shape index (κ3) is 2.83. The Morgan fingerprint density at radius 3 is 2.50 bits per heavy atom. The van der Waals surface area contributed by atoms with E-state index in [4.69, 9.17) is 11.6 Å². The molecule has 0 aromatic carbocycles. The van der Waals surface area contributed by atoms with E-state index in [2.05, 4.69) is 4.98 Å². The lowest BCUT2D eigenvalue weighted by Gasteiger charge is -2.34. The standard InChI is InChI=1S/C11H15ClN2O3S/c1-11(15)4-6-14(7-5-11)18(16,17)9-2-3-10(12)13-8-9/h2-3,8,15H,4-7H2,1H3. The van der Waals surface area contributed by atoms with Crippen molar-refractivity contribution < 1.29 is 13.5 Å². The normalized spacial score (nSPS) is 20.8. The van der Waals surface area contributed by atoms with Crippen molar-refractivity contribution in [2.75, 3.05) is 13.1 Å². The van der Waals surface area contributed by atoms with E-state index in [9.17, 15) is 13.5 Å². The minimum Gasteiger partial charge on any atom is -0.390 e. The Morgan fingerprint density at radius 1 is 1.39 bits per heavy atom. The number of hydrogen-bond donors (Lipinski definition) is 1. The van der Waals surface area contributed by atoms with Crippen molar-refractivity contribution >= 4 is 21.6 Å². The molecule has 1 N–H and O–H groups in total. The molecule has 0 unspecified atom stereocenters. The van der Waals surface area contributed by atoms with Crippen LogP contribution in [0.2, 0.25) is 5.15 Å². The molecule has 2 rings (SSSR count). The zero-order valence-corrected chi connectivity index (χ0v) is 11.6. The molecule has 0 atom stereocenters. The number of pyridine rings is 1. The van der Waals surface area contributed by atoms with Gasteiger partial charge in [0, 0.05) is 19.3 Å². The number of sulfonamides is 1. The van der Waals surface area contributed by atoms with Gasteiger partial charge in [-0.3, -0.25) is 0 Å². The van der Waals surface area contributed by atoms with Crippen LogP contribution in [0.15, 0.2) is 23.2 Å². The van der Waals surface area contributed by atoms with E-state index < -0.39 is 15.6 Å². The van der Waals surface area contributed by atoms with Gasteiger partial charge < -0.3 is 5.11 Å². The summed E-state index contributed by atoms with van der Waals surface area (Å²) in [7, 11) is -3.53. The van der Waals surface area contributed by atoms with Crippen molar-refractivity contribution in [3.63, 3.8) is 0 Å². The third-order valence-corrected chi connectivity index (χ3v) is 5.24. The van der Waals surface area contributed by atoms with E-state index >= 15 is 0 Å². The van der Waals surface area contributed by atoms with Gasteiger partial charge in [0.2, 0.25) is 10.0 Å². The predicted molar refractivity (Wildman–Crippen MR) is 67.9 cm³/mol. The second-order valence-corrected chi connectivity index (χ2v) is 7.04. The van der Waals surface area contributed by atoms with Crippen LogP contribution in [0.25, 0.3) is 0 Å². The quantitative estimate of drug-likeness (QED) is 0.833. The topological polar surface area (TPSA) is 70.5 Å². The monoisotopic (exact) mass is 290 g/mol. The summed E-state index contributed by atoms with van der Waals surface area (Å²) in [5, 5.41) is 10.1. The summed E-state index contributed by atoms with van der Waals surface area (Å²) in [6.07, 6.45) is 2.13. The highest BCUT2D eigenvalue weighted by Crippen LogP contribution is 2.26. The summed E-state index contributed by atoms with van der Waals surface area (Å²) in [4.78, 5) is 3.91. The van der Waals surface area contributed by atoms with Gasteiger partial charge in [-0.1, -0.05) is 11.6 Å². The maximum Gasteiger partial charge on any atom is 0.244 e. The summed E-state index contributed by atoms with van der Waals surface area (Å²) in [5.74, 6) is 0. The van der Waals surface area contributed by atoms with Crippen LogP contribution in [0.3, 0.4) is 0 Å². The first-order chi connectivity index (χ1) is 8.31. The lowest BCUT2D eigenvalue weighted by molar-refractivity contribution is 0.0126. The van der Waals surface area contributed by atoms with E-state index in [0.29, 0.717) is 25.9 Å². The van der Waals surface area contributed by atoms with Gasteiger partial charge in [-0.15, -0.1) is 0 Å². The van der Waals surface area contributed by atoms with Crippen molar-refractivity contribution in [2.24, 2.45) is 0 Å². The van der Waals surface area contributed by atoms with Gasteiger partial charge in [0.05, 0.1) is 5.60 Å². The number of rotatable bonds is 2. The molecule has 0 amide bonds. The van der Waals surface area contributed by atoms with Crippen LogP contribution in [-0.4, -0.2) is 41.5 Å². The molecule has 0 aliphatic carbocycles. The van der Waals surface area contributed by atoms with Crippen LogP contribution in [0.5, 0.6) is 0 Å². The molecule has 1 aliphatic rings. The van der Waals surface area contributed by atoms with Crippen LogP contribution in [0.4, 0.5) is 0 Å². The molecule has 0 spiro atoms. The molecule has 1 saturated heterocycles. The van der Waals surface area contributed by atoms with Crippen LogP contribution in [0, 0.1) is 0 Å². The van der Waals surface area contributed by atoms with Crippen LogP contribution in [-0.2, 0) is 10.0 Å². The first-order valence-electron chi connectivity index (χ1n) is 5.65. The van der Waals surface area contributed by atoms with E-state index in [0.717, 1.165) is 0 Å². The lowest BCUT2D eigenvalue weighted by atomic mass is 9.95. The maximum atomic E-state index is 12.3. The number of nitrogens with zero attached hydrogens (tertiary/aromatic N) is 2. The fourth-order valence-corrected chi connectivity index (χ4v) is 3.37. The van der Waals surface area contributed by atoms with E-state index in [1.54, 1.807) is 6.92 Å². The Labute approximate surface area is 111 Å². The second kappa shape index (κ2) is 4.77. The molecule has 0 saturated carbocycles. The summed E-state index contributed by atoms with van der Waals surface area (Å²) in [6.45, 7) is 2.36. The van der Waals surface area contributed by atoms with Gasteiger partial charge in [-0.05, 0) is 31.9 Å². The van der Waals surface area contributed by atoms with E-state index in [-0.39, 0.29) is 10.0 Å². The Morgan fingerprint density at radius 2 is 2.00 bits per heavy atom. The number of piperidine rings is 1. The van der Waals surface area contributed by atoms with Crippen LogP contribution >= 0.6 is 11.6 Å². The molecule has 1 fully saturated rings. The molecule has 7 heteroatoms. The van der Waals surface area contributed by atoms with Crippen LogP contribution < -0.4 is 0 Å². The highest BCUT2D eigenvalue weighted by Gasteiger charge is 2.34. The van der Waals surface area contributed by atoms with Gasteiger partial charge in [0.15, 0.2) is 0 Å². The molecule has 1 aromatic heterocycles. The van der Waals surface area contributed by atoms with Crippen molar-refractivity contribution in [2.45, 2.75) is 30.3 Å². The zero-order valence-electron chi connectivity index (χ0n) is 10.0. The fourth-order valence-electron chi connectivity index (χ4n) is 1.87. The molecule has 2 heterocycles. The first-order valence-corrected chi connectivity index (χ1v) is 7.47. The molecule has 100 valence electrons. The van der Waals surface area contributed by atoms with Crippen LogP contribution in [0.1, 0.15) is 19.8 Å². The lowest BCUT2D eigenvalue weighted by Crippen LogP contribution is -2.45. The molecule has 18 heavy (non-hydrogen) atoms. The highest BCUT2D eigenvalue weighted by atomic mass is 35.5. The van der Waals surface area contributed by atoms with Gasteiger partial charge in [0.1, 0.15) is 10.0 Å². The molecular formula is C11H15ClN2O3S. The van der Waals surface area contributed by atoms with Gasteiger partial charge >= 0.3 is 0 Å². The Balaban J connectivity index is 2.20. The second-order valence-electron chi connectivity index (χ2n) is 4.72. The summed E-state index contributed by atoms with van der Waals surface area (Å²) >= 11 is 5.63. The SMILES string of the molecule is CC1(O)CCN(S(=O)(=O)c2ccc(Cl)nc2)CC1. The Hall–Kier alpha value is -0.690. The molecule has 5 nitrogen and oxygen atoms in total. The number of aliphatic hydroxyl groups is 1. The molecule has 0 bridgehead atoms. The summed E-state index contributed by atoms with van der Waals surface area (Å²) in [5.41, 5.74) is -0.774. The largest absolute Gasteiger partial charge is 0.390 e. The first kappa shape index (κ1) is 13.7. The average Bonchev–Trinajstić information content (AvgIpc) is 2.29. The predicted octanol–water partition coefficient (Wildman–Crippen LogP) is 1.27. The fraction of sp³-hybridized carbons (Fsp3) is 0.545. The van der Waals surface area contributed by atoms with Gasteiger partial charge in [0.25, 0.3) is 0 Å². The average molecular weight is 291 g/mol. The zero-order chi connectivity index (χ0) is 13.4. The summed E-state index contributed by atoms with van der Waals surface area (Å²) < 4.78 is 25.9. The summed E-state index contributed by atoms with van der Waals surface area (Å²) in [6, 6.07) is 2.89. The van der Waals surface area contributed by atoms with Gasteiger partial charge in [-0.25, -0.2) is 13.4 Å². The third-order valence-electron chi connectivity index (χ3n) is 3.14. The van der Waals surface area contributed by atoms with Gasteiger partial charge in [-0.2, -0.15) is 4.31 Å². The Bertz CT molecular complexity index is 518. The minimum absolute atomic E-state index is 0.133. The van der Waals surface area contributed by atoms with Crippen molar-refractivity contribution in [3.05, 3.63) is 23.5 Å². The minimum atomic E-state index is -3.53. The maximum absolute atomic E-state index is 12.3. The molecule has 1 aliphatic heterocycles. The number of aromatic nitrogens is 1. The highest BCUT2D eigenvalue weighted by molar-refractivity contribution is 7.89. The van der Waals surface area contributed by atoms with Crippen molar-refractivity contribution in [3.8, 4) is 0 Å². The smallest absolute Gasteiger partial charge is 0.244 e. The number of hydrogen-bond acceptors (Lipinski definition) is 4. The van der Waals surface area contributed by atoms with E-state index in [1.165, 1.54) is 22.6 Å². The molecular weight excluding hydrogens is 276 g/mol. The number of halogens is 1. The van der Waals surface area contributed by atoms with Crippen molar-refractivity contribution in [1.29, 1.82) is 0 Å². The molecule has 0 radical (unpaired) electrons. The Kier molecular flexibility index (Phi) is 3.64. The van der Waals surface area contributed by atoms with Crippen molar-refractivity contribution in [1.82, 2.24) is 9.29 Å². The van der Waals surface area contributed by atoms with E-state index in [1.807, 2.05) is 0 Å². The molecule has 1 aromatic rings.